The standard InChI is InChI=1S/C23H28N2O6S/c1-13(2)10-16(21(24)26)25-22(27)14-8-6-7-9-20(14)32-23(28)15-11-18(30-4)19(31-5)12-17(15)29-3/h6-9,11-13,16H,10H2,1-5H3,(H2,24,26)(H,25,27)/t16-/m0/s1. The van der Waals surface area contributed by atoms with Gasteiger partial charge in [0.15, 0.2) is 11.5 Å². The number of thioether (sulfide) groups is 1. The van der Waals surface area contributed by atoms with Crippen molar-refractivity contribution in [2.24, 2.45) is 11.7 Å². The SMILES string of the molecule is COc1cc(OC)c(C(=O)Sc2ccccc2C(=O)N[C@@H](CC(C)C)C(N)=O)cc1OC. The Morgan fingerprint density at radius 2 is 1.53 bits per heavy atom. The van der Waals surface area contributed by atoms with Crippen molar-refractivity contribution >= 4 is 28.7 Å². The van der Waals surface area contributed by atoms with Gasteiger partial charge in [0, 0.05) is 11.0 Å². The monoisotopic (exact) mass is 460 g/mol. The maximum absolute atomic E-state index is 13.1. The van der Waals surface area contributed by atoms with Gasteiger partial charge in [-0.2, -0.15) is 0 Å². The van der Waals surface area contributed by atoms with Crippen LogP contribution in [-0.4, -0.2) is 44.3 Å². The van der Waals surface area contributed by atoms with Crippen molar-refractivity contribution in [2.45, 2.75) is 31.2 Å². The zero-order valence-corrected chi connectivity index (χ0v) is 19.6. The molecule has 0 aliphatic rings. The summed E-state index contributed by atoms with van der Waals surface area (Å²) in [5.41, 5.74) is 5.97. The van der Waals surface area contributed by atoms with Crippen molar-refractivity contribution in [3.05, 3.63) is 47.5 Å². The number of methoxy groups -OCH3 is 3. The number of nitrogens with one attached hydrogen (secondary N) is 1. The lowest BCUT2D eigenvalue weighted by atomic mass is 10.0. The highest BCUT2D eigenvalue weighted by atomic mass is 32.2. The molecule has 0 fully saturated rings. The van der Waals surface area contributed by atoms with Gasteiger partial charge in [-0.1, -0.05) is 26.0 Å². The Kier molecular flexibility index (Phi) is 8.95. The second kappa shape index (κ2) is 11.4. The van der Waals surface area contributed by atoms with E-state index in [0.717, 1.165) is 11.8 Å². The van der Waals surface area contributed by atoms with E-state index >= 15 is 0 Å². The van der Waals surface area contributed by atoms with Crippen molar-refractivity contribution < 1.29 is 28.6 Å². The lowest BCUT2D eigenvalue weighted by Gasteiger charge is -2.18. The first kappa shape index (κ1) is 25.1. The third-order valence-electron chi connectivity index (χ3n) is 4.62. The average Bonchev–Trinajstić information content (AvgIpc) is 2.77. The van der Waals surface area contributed by atoms with Crippen LogP contribution in [-0.2, 0) is 4.79 Å². The smallest absolute Gasteiger partial charge is 0.253 e. The van der Waals surface area contributed by atoms with Crippen LogP contribution in [0.25, 0.3) is 0 Å². The van der Waals surface area contributed by atoms with Gasteiger partial charge < -0.3 is 25.3 Å². The fourth-order valence-electron chi connectivity index (χ4n) is 3.04. The number of amides is 2. The van der Waals surface area contributed by atoms with Gasteiger partial charge in [0.1, 0.15) is 11.8 Å². The molecule has 0 aliphatic heterocycles. The van der Waals surface area contributed by atoms with Crippen molar-refractivity contribution in [3.8, 4) is 17.2 Å². The second-order valence-electron chi connectivity index (χ2n) is 7.35. The first-order valence-corrected chi connectivity index (χ1v) is 10.7. The summed E-state index contributed by atoms with van der Waals surface area (Å²) in [6, 6.07) is 8.94. The van der Waals surface area contributed by atoms with E-state index in [1.165, 1.54) is 27.4 Å². The number of hydrogen-bond acceptors (Lipinski definition) is 7. The average molecular weight is 461 g/mol. The quantitative estimate of drug-likeness (QED) is 0.523. The summed E-state index contributed by atoms with van der Waals surface area (Å²) < 4.78 is 15.9. The van der Waals surface area contributed by atoms with Gasteiger partial charge in [-0.15, -0.1) is 0 Å². The van der Waals surface area contributed by atoms with Crippen molar-refractivity contribution in [1.29, 1.82) is 0 Å². The van der Waals surface area contributed by atoms with E-state index in [1.54, 1.807) is 30.3 Å². The van der Waals surface area contributed by atoms with E-state index in [2.05, 4.69) is 5.32 Å². The van der Waals surface area contributed by atoms with E-state index in [0.29, 0.717) is 28.6 Å². The number of nitrogens with two attached hydrogens (primary N) is 1. The Morgan fingerprint density at radius 1 is 0.938 bits per heavy atom. The molecule has 0 heterocycles. The van der Waals surface area contributed by atoms with Crippen LogP contribution >= 0.6 is 11.8 Å². The van der Waals surface area contributed by atoms with Crippen LogP contribution in [0.4, 0.5) is 0 Å². The molecule has 0 saturated heterocycles. The Hall–Kier alpha value is -3.20. The molecule has 0 spiro atoms. The van der Waals surface area contributed by atoms with Crippen molar-refractivity contribution in [2.75, 3.05) is 21.3 Å². The molecule has 32 heavy (non-hydrogen) atoms. The van der Waals surface area contributed by atoms with Gasteiger partial charge in [-0.25, -0.2) is 0 Å². The first-order valence-electron chi connectivity index (χ1n) is 9.93. The summed E-state index contributed by atoms with van der Waals surface area (Å²) in [6.07, 6.45) is 0.415. The molecular formula is C23H28N2O6S. The number of carbonyl (C=O) groups excluding carboxylic acids is 3. The molecular weight excluding hydrogens is 432 g/mol. The van der Waals surface area contributed by atoms with Gasteiger partial charge in [0.05, 0.1) is 32.5 Å². The van der Waals surface area contributed by atoms with E-state index in [9.17, 15) is 14.4 Å². The number of hydrogen-bond donors (Lipinski definition) is 2. The minimum atomic E-state index is -0.804. The first-order chi connectivity index (χ1) is 15.2. The second-order valence-corrected chi connectivity index (χ2v) is 8.37. The molecule has 0 radical (unpaired) electrons. The molecule has 0 saturated carbocycles. The molecule has 2 aromatic carbocycles. The summed E-state index contributed by atoms with van der Waals surface area (Å²) >= 11 is 0.871. The zero-order valence-electron chi connectivity index (χ0n) is 18.8. The molecule has 3 N–H and O–H groups in total. The molecule has 8 nitrogen and oxygen atoms in total. The largest absolute Gasteiger partial charge is 0.496 e. The summed E-state index contributed by atoms with van der Waals surface area (Å²) in [4.78, 5) is 38.2. The van der Waals surface area contributed by atoms with E-state index < -0.39 is 17.9 Å². The highest BCUT2D eigenvalue weighted by molar-refractivity contribution is 8.14. The minimum Gasteiger partial charge on any atom is -0.496 e. The highest BCUT2D eigenvalue weighted by Gasteiger charge is 2.24. The highest BCUT2D eigenvalue weighted by Crippen LogP contribution is 2.38. The Balaban J connectivity index is 2.33. The van der Waals surface area contributed by atoms with Gasteiger partial charge in [0.25, 0.3) is 5.91 Å². The fourth-order valence-corrected chi connectivity index (χ4v) is 3.93. The summed E-state index contributed by atoms with van der Waals surface area (Å²) in [7, 11) is 4.40. The molecule has 0 unspecified atom stereocenters. The Morgan fingerprint density at radius 3 is 2.09 bits per heavy atom. The predicted octanol–water partition coefficient (Wildman–Crippen LogP) is 3.27. The Bertz CT molecular complexity index is 992. The maximum Gasteiger partial charge on any atom is 0.253 e. The van der Waals surface area contributed by atoms with Crippen LogP contribution in [0.3, 0.4) is 0 Å². The van der Waals surface area contributed by atoms with E-state index in [4.69, 9.17) is 19.9 Å². The summed E-state index contributed by atoms with van der Waals surface area (Å²) in [5.74, 6) is 0.187. The topological polar surface area (TPSA) is 117 Å². The molecule has 0 bridgehead atoms. The third-order valence-corrected chi connectivity index (χ3v) is 5.60. The summed E-state index contributed by atoms with van der Waals surface area (Å²) in [5, 5.41) is 2.32. The molecule has 1 atom stereocenters. The van der Waals surface area contributed by atoms with E-state index in [-0.39, 0.29) is 22.2 Å². The van der Waals surface area contributed by atoms with Gasteiger partial charge in [0.2, 0.25) is 11.0 Å². The molecule has 2 aromatic rings. The van der Waals surface area contributed by atoms with Crippen LogP contribution in [0.5, 0.6) is 17.2 Å². The van der Waals surface area contributed by atoms with Crippen LogP contribution < -0.4 is 25.3 Å². The number of carbonyl (C=O) groups is 3. The summed E-state index contributed by atoms with van der Waals surface area (Å²) in [6.45, 7) is 3.86. The van der Waals surface area contributed by atoms with Crippen LogP contribution in [0.2, 0.25) is 0 Å². The van der Waals surface area contributed by atoms with Gasteiger partial charge in [-0.05, 0) is 42.3 Å². The predicted molar refractivity (Wildman–Crippen MR) is 123 cm³/mol. The number of rotatable bonds is 10. The van der Waals surface area contributed by atoms with Crippen molar-refractivity contribution in [1.82, 2.24) is 5.32 Å². The van der Waals surface area contributed by atoms with Crippen LogP contribution in [0, 0.1) is 5.92 Å². The molecule has 2 amide bonds. The van der Waals surface area contributed by atoms with Gasteiger partial charge in [-0.3, -0.25) is 14.4 Å². The van der Waals surface area contributed by atoms with Crippen molar-refractivity contribution in [3.63, 3.8) is 0 Å². The lowest BCUT2D eigenvalue weighted by Crippen LogP contribution is -2.45. The number of primary amides is 1. The maximum atomic E-state index is 13.1. The third kappa shape index (κ3) is 6.16. The number of ether oxygens (including phenoxy) is 3. The number of benzene rings is 2. The molecule has 172 valence electrons. The lowest BCUT2D eigenvalue weighted by molar-refractivity contribution is -0.120. The Labute approximate surface area is 191 Å². The molecule has 0 aromatic heterocycles. The van der Waals surface area contributed by atoms with Gasteiger partial charge >= 0.3 is 0 Å². The fraction of sp³-hybridized carbons (Fsp3) is 0.348. The van der Waals surface area contributed by atoms with E-state index in [1.807, 2.05) is 13.8 Å². The molecule has 2 rings (SSSR count). The van der Waals surface area contributed by atoms with Crippen LogP contribution in [0.1, 0.15) is 41.0 Å². The molecule has 9 heteroatoms. The normalized spacial score (nSPS) is 11.6. The van der Waals surface area contributed by atoms with Crippen LogP contribution in [0.15, 0.2) is 41.3 Å². The zero-order chi connectivity index (χ0) is 23.8. The minimum absolute atomic E-state index is 0.163. The molecule has 0 aliphatic carbocycles.